The second-order valence-electron chi connectivity index (χ2n) is 5.84. The maximum absolute atomic E-state index is 12.4. The van der Waals surface area contributed by atoms with E-state index in [0.717, 1.165) is 25.0 Å². The van der Waals surface area contributed by atoms with Crippen LogP contribution in [0.5, 0.6) is 0 Å². The predicted molar refractivity (Wildman–Crippen MR) is 86.4 cm³/mol. The average Bonchev–Trinajstić information content (AvgIpc) is 3.22. The number of carbonyl (C=O) groups excluding carboxylic acids is 1. The molecule has 6 nitrogen and oxygen atoms in total. The van der Waals surface area contributed by atoms with Crippen molar-refractivity contribution in [2.75, 3.05) is 6.54 Å². The van der Waals surface area contributed by atoms with Crippen molar-refractivity contribution in [3.05, 3.63) is 23.0 Å². The minimum Gasteiger partial charge on any atom is -0.352 e. The lowest BCUT2D eigenvalue weighted by Crippen LogP contribution is -2.29. The van der Waals surface area contributed by atoms with Crippen LogP contribution < -0.4 is 11.1 Å². The van der Waals surface area contributed by atoms with Gasteiger partial charge in [-0.2, -0.15) is 0 Å². The molecule has 120 valence electrons. The highest BCUT2D eigenvalue weighted by Gasteiger charge is 2.28. The molecule has 1 aliphatic carbocycles. The van der Waals surface area contributed by atoms with E-state index in [-0.39, 0.29) is 24.4 Å². The van der Waals surface area contributed by atoms with Gasteiger partial charge in [0.2, 0.25) is 0 Å². The van der Waals surface area contributed by atoms with E-state index >= 15 is 0 Å². The van der Waals surface area contributed by atoms with E-state index in [1.165, 1.54) is 0 Å². The van der Waals surface area contributed by atoms with E-state index in [1.54, 1.807) is 0 Å². The fourth-order valence-electron chi connectivity index (χ4n) is 2.39. The van der Waals surface area contributed by atoms with E-state index < -0.39 is 0 Å². The molecule has 0 spiro atoms. The van der Waals surface area contributed by atoms with Crippen LogP contribution in [0.4, 0.5) is 0 Å². The van der Waals surface area contributed by atoms with E-state index in [9.17, 15) is 4.79 Å². The smallest absolute Gasteiger partial charge is 0.259 e. The summed E-state index contributed by atoms with van der Waals surface area (Å²) in [5, 5.41) is 7.55. The van der Waals surface area contributed by atoms with Crippen LogP contribution in [0.2, 0.25) is 0 Å². The van der Waals surface area contributed by atoms with Crippen LogP contribution in [0.3, 0.4) is 0 Å². The molecule has 1 atom stereocenters. The Bertz CT molecular complexity index is 679. The minimum atomic E-state index is -0.115. The van der Waals surface area contributed by atoms with Gasteiger partial charge in [0.15, 0.2) is 0 Å². The maximum Gasteiger partial charge on any atom is 0.259 e. The maximum atomic E-state index is 12.4. The molecule has 0 aliphatic heterocycles. The quantitative estimate of drug-likeness (QED) is 0.880. The lowest BCUT2D eigenvalue weighted by molar-refractivity contribution is 0.0954. The molecule has 0 radical (unpaired) electrons. The molecule has 1 saturated carbocycles. The number of hydrogen-bond acceptors (Lipinski definition) is 5. The summed E-state index contributed by atoms with van der Waals surface area (Å²) in [4.78, 5) is 16.9. The Labute approximate surface area is 135 Å². The molecule has 1 unspecified atom stereocenters. The van der Waals surface area contributed by atoms with Gasteiger partial charge in [-0.05, 0) is 39.2 Å². The molecule has 3 rings (SSSR count). The van der Waals surface area contributed by atoms with Gasteiger partial charge in [-0.3, -0.25) is 4.79 Å². The summed E-state index contributed by atoms with van der Waals surface area (Å²) in [6, 6.07) is 1.95. The molecule has 1 aliphatic rings. The van der Waals surface area contributed by atoms with Gasteiger partial charge >= 0.3 is 0 Å². The number of nitrogens with one attached hydrogen (secondary N) is 1. The van der Waals surface area contributed by atoms with Crippen LogP contribution in [-0.4, -0.2) is 28.6 Å². The van der Waals surface area contributed by atoms with Gasteiger partial charge in [0.05, 0.1) is 16.6 Å². The largest absolute Gasteiger partial charge is 0.352 e. The molecule has 1 fully saturated rings. The summed E-state index contributed by atoms with van der Waals surface area (Å²) in [5.41, 5.74) is 8.38. The van der Waals surface area contributed by atoms with Crippen LogP contribution in [0.25, 0.3) is 11.1 Å². The van der Waals surface area contributed by atoms with E-state index in [0.29, 0.717) is 34.8 Å². The van der Waals surface area contributed by atoms with Gasteiger partial charge in [-0.25, -0.2) is 4.98 Å². The molecule has 7 heteroatoms. The number of aryl methyl sites for hydroxylation is 1. The molecule has 22 heavy (non-hydrogen) atoms. The number of nitrogens with two attached hydrogens (primary N) is 1. The summed E-state index contributed by atoms with van der Waals surface area (Å²) in [6.45, 7) is 4.30. The Kier molecular flexibility index (Phi) is 5.03. The molecule has 0 bridgehead atoms. The molecule has 0 aromatic carbocycles. The normalized spacial score (nSPS) is 15.4. The summed E-state index contributed by atoms with van der Waals surface area (Å²) < 4.78 is 5.24. The van der Waals surface area contributed by atoms with Gasteiger partial charge in [-0.1, -0.05) is 5.16 Å². The Morgan fingerprint density at radius 1 is 1.55 bits per heavy atom. The summed E-state index contributed by atoms with van der Waals surface area (Å²) in [5.74, 6) is 0.340. The number of halogens is 1. The lowest BCUT2D eigenvalue weighted by atomic mass is 10.1. The summed E-state index contributed by atoms with van der Waals surface area (Å²) in [7, 11) is 0. The monoisotopic (exact) mass is 324 g/mol. The number of aromatic nitrogens is 2. The van der Waals surface area contributed by atoms with Crippen LogP contribution in [0.1, 0.15) is 53.8 Å². The topological polar surface area (TPSA) is 94.0 Å². The third-order valence-corrected chi connectivity index (χ3v) is 3.76. The van der Waals surface area contributed by atoms with Crippen molar-refractivity contribution in [3.63, 3.8) is 0 Å². The molecule has 1 amide bonds. The summed E-state index contributed by atoms with van der Waals surface area (Å²) >= 11 is 0. The lowest BCUT2D eigenvalue weighted by Gasteiger charge is -2.09. The Morgan fingerprint density at radius 2 is 2.27 bits per heavy atom. The molecule has 0 saturated heterocycles. The first-order chi connectivity index (χ1) is 10.1. The number of fused-ring (bicyclic) bond motifs is 1. The van der Waals surface area contributed by atoms with Gasteiger partial charge in [0.1, 0.15) is 0 Å². The number of amides is 1. The van der Waals surface area contributed by atoms with Crippen molar-refractivity contribution >= 4 is 29.4 Å². The first-order valence-corrected chi connectivity index (χ1v) is 7.37. The highest BCUT2D eigenvalue weighted by atomic mass is 35.5. The highest BCUT2D eigenvalue weighted by Crippen LogP contribution is 2.40. The standard InChI is InChI=1S/C15H20N4O2.ClH/c1-8(16)5-6-17-14(20)11-7-12(10-3-4-10)18-15-13(11)9(2)19-21-15;/h7-8,10H,3-6,16H2,1-2H3,(H,17,20);1H. The van der Waals surface area contributed by atoms with Gasteiger partial charge in [0, 0.05) is 24.2 Å². The molecule has 2 heterocycles. The number of carbonyl (C=O) groups is 1. The first-order valence-electron chi connectivity index (χ1n) is 7.37. The van der Waals surface area contributed by atoms with Crippen molar-refractivity contribution < 1.29 is 9.32 Å². The number of nitrogens with zero attached hydrogens (tertiary/aromatic N) is 2. The van der Waals surface area contributed by atoms with Crippen molar-refractivity contribution in [1.82, 2.24) is 15.5 Å². The highest BCUT2D eigenvalue weighted by molar-refractivity contribution is 6.06. The van der Waals surface area contributed by atoms with Crippen molar-refractivity contribution in [1.29, 1.82) is 0 Å². The fourth-order valence-corrected chi connectivity index (χ4v) is 2.39. The van der Waals surface area contributed by atoms with Crippen LogP contribution >= 0.6 is 12.4 Å². The average molecular weight is 325 g/mol. The molecule has 3 N–H and O–H groups in total. The first kappa shape index (κ1) is 16.7. The number of hydrogen-bond donors (Lipinski definition) is 2. The van der Waals surface area contributed by atoms with Crippen LogP contribution in [0.15, 0.2) is 10.6 Å². The zero-order valence-electron chi connectivity index (χ0n) is 12.8. The third kappa shape index (κ3) is 3.39. The van der Waals surface area contributed by atoms with Crippen molar-refractivity contribution in [3.8, 4) is 0 Å². The van der Waals surface area contributed by atoms with E-state index in [1.807, 2.05) is 19.9 Å². The van der Waals surface area contributed by atoms with Gasteiger partial charge in [-0.15, -0.1) is 12.4 Å². The van der Waals surface area contributed by atoms with Crippen molar-refractivity contribution in [2.24, 2.45) is 5.73 Å². The molecule has 2 aromatic heterocycles. The third-order valence-electron chi connectivity index (χ3n) is 3.76. The zero-order valence-corrected chi connectivity index (χ0v) is 13.6. The summed E-state index contributed by atoms with van der Waals surface area (Å²) in [6.07, 6.45) is 2.99. The number of rotatable bonds is 5. The Balaban J connectivity index is 0.00000176. The van der Waals surface area contributed by atoms with Crippen LogP contribution in [0, 0.1) is 6.92 Å². The minimum absolute atomic E-state index is 0. The number of pyridine rings is 1. The molecule has 2 aromatic rings. The Morgan fingerprint density at radius 3 is 2.91 bits per heavy atom. The molecular formula is C15H21ClN4O2. The SMILES string of the molecule is Cc1noc2nc(C3CC3)cc(C(=O)NCCC(C)N)c12.Cl. The fraction of sp³-hybridized carbons (Fsp3) is 0.533. The second kappa shape index (κ2) is 6.62. The molecular weight excluding hydrogens is 304 g/mol. The Hall–Kier alpha value is -1.66. The van der Waals surface area contributed by atoms with E-state index in [2.05, 4.69) is 15.5 Å². The van der Waals surface area contributed by atoms with Gasteiger partial charge < -0.3 is 15.6 Å². The predicted octanol–water partition coefficient (Wildman–Crippen LogP) is 2.30. The van der Waals surface area contributed by atoms with E-state index in [4.69, 9.17) is 10.3 Å². The second-order valence-corrected chi connectivity index (χ2v) is 5.84. The van der Waals surface area contributed by atoms with Crippen LogP contribution in [-0.2, 0) is 0 Å². The van der Waals surface area contributed by atoms with Gasteiger partial charge in [0.25, 0.3) is 11.6 Å². The van der Waals surface area contributed by atoms with Crippen molar-refractivity contribution in [2.45, 2.75) is 45.1 Å². The zero-order chi connectivity index (χ0) is 15.0.